The summed E-state index contributed by atoms with van der Waals surface area (Å²) in [5.74, 6) is 0.913. The van der Waals surface area contributed by atoms with E-state index in [1.165, 1.54) is 25.0 Å². The fourth-order valence-electron chi connectivity index (χ4n) is 5.50. The minimum absolute atomic E-state index is 0.00220. The van der Waals surface area contributed by atoms with Gasteiger partial charge in [0.25, 0.3) is 0 Å². The van der Waals surface area contributed by atoms with Gasteiger partial charge in [-0.15, -0.1) is 0 Å². The average Bonchev–Trinajstić information content (AvgIpc) is 3.54. The minimum Gasteiger partial charge on any atom is -0.457 e. The topological polar surface area (TPSA) is 73.1 Å². The van der Waals surface area contributed by atoms with E-state index in [9.17, 15) is 9.18 Å². The van der Waals surface area contributed by atoms with Crippen molar-refractivity contribution in [1.82, 2.24) is 24.6 Å². The van der Waals surface area contributed by atoms with E-state index in [0.717, 1.165) is 53.8 Å². The van der Waals surface area contributed by atoms with E-state index in [2.05, 4.69) is 21.9 Å². The number of ether oxygens (including phenoxy) is 1. The zero-order valence-electron chi connectivity index (χ0n) is 22.3. The van der Waals surface area contributed by atoms with Gasteiger partial charge in [-0.3, -0.25) is 9.69 Å². The van der Waals surface area contributed by atoms with Gasteiger partial charge >= 0.3 is 0 Å². The molecule has 2 atom stereocenters. The highest BCUT2D eigenvalue weighted by Gasteiger charge is 2.32. The van der Waals surface area contributed by atoms with Crippen molar-refractivity contribution in [3.05, 3.63) is 78.5 Å². The summed E-state index contributed by atoms with van der Waals surface area (Å²) in [7, 11) is 2.12. The number of halogens is 1. The van der Waals surface area contributed by atoms with Crippen LogP contribution in [-0.4, -0.2) is 50.1 Å². The number of benzene rings is 2. The number of hydrogen-bond acceptors (Lipinski definition) is 6. The Balaban J connectivity index is 1.21. The van der Waals surface area contributed by atoms with E-state index in [1.54, 1.807) is 24.5 Å². The number of carbonyl (C=O) groups excluding carboxylic acids is 1. The molecule has 0 bridgehead atoms. The lowest BCUT2D eigenvalue weighted by Gasteiger charge is -2.13. The van der Waals surface area contributed by atoms with Crippen LogP contribution in [0.25, 0.3) is 22.3 Å². The molecule has 0 N–H and O–H groups in total. The predicted molar refractivity (Wildman–Crippen MR) is 148 cm³/mol. The molecule has 39 heavy (non-hydrogen) atoms. The molecule has 0 amide bonds. The summed E-state index contributed by atoms with van der Waals surface area (Å²) in [5, 5.41) is 5.93. The Kier molecular flexibility index (Phi) is 6.95. The van der Waals surface area contributed by atoms with Crippen molar-refractivity contribution in [2.75, 3.05) is 13.6 Å². The Hall–Kier alpha value is -3.91. The fraction of sp³-hybridized carbons (Fsp3) is 0.355. The summed E-state index contributed by atoms with van der Waals surface area (Å²) in [6.45, 7) is 2.79. The summed E-state index contributed by atoms with van der Waals surface area (Å²) >= 11 is 0. The lowest BCUT2D eigenvalue weighted by Crippen LogP contribution is -2.20. The highest BCUT2D eigenvalue weighted by atomic mass is 19.1. The van der Waals surface area contributed by atoms with Gasteiger partial charge in [-0.1, -0.05) is 12.1 Å². The molecule has 0 aliphatic heterocycles. The molecule has 2 aliphatic carbocycles. The van der Waals surface area contributed by atoms with Crippen molar-refractivity contribution >= 4 is 16.8 Å². The highest BCUT2D eigenvalue weighted by molar-refractivity contribution is 5.93. The summed E-state index contributed by atoms with van der Waals surface area (Å²) in [6, 6.07) is 14.4. The van der Waals surface area contributed by atoms with Crippen LogP contribution in [0.5, 0.6) is 11.5 Å². The molecular formula is C31H32FN5O2. The van der Waals surface area contributed by atoms with Crippen LogP contribution in [0.1, 0.15) is 43.8 Å². The normalized spacial score (nSPS) is 19.4. The minimum atomic E-state index is -0.343. The van der Waals surface area contributed by atoms with Gasteiger partial charge in [0.2, 0.25) is 0 Å². The Morgan fingerprint density at radius 2 is 1.92 bits per heavy atom. The van der Waals surface area contributed by atoms with Gasteiger partial charge in [-0.05, 0) is 88.5 Å². The second-order valence-corrected chi connectivity index (χ2v) is 10.7. The maximum absolute atomic E-state index is 13.5. The number of aromatic nitrogens is 4. The third-order valence-corrected chi connectivity index (χ3v) is 7.84. The Labute approximate surface area is 227 Å². The standard InChI is InChI=1S/C31H32FN5O2/c1-20-29-30(21-9-14-26(15-10-21)39-27-6-3-5-23(32)18-27)35-37(31(29)34-19-33-20)25-11-8-22(17-25)28(38)7-4-16-36(2)24-12-13-24/h3-7,9-10,14-15,18-19,22,24-25H,8,11-13,16-17H2,1-2H3/b7-4+/t22?,25-/m1/s1. The molecule has 6 rings (SSSR count). The molecule has 0 saturated heterocycles. The first-order valence-corrected chi connectivity index (χ1v) is 13.6. The van der Waals surface area contributed by atoms with E-state index < -0.39 is 0 Å². The Morgan fingerprint density at radius 3 is 2.69 bits per heavy atom. The van der Waals surface area contributed by atoms with Crippen molar-refractivity contribution in [2.45, 2.75) is 51.1 Å². The highest BCUT2D eigenvalue weighted by Crippen LogP contribution is 2.39. The number of rotatable bonds is 9. The zero-order chi connectivity index (χ0) is 26.9. The number of ketones is 1. The molecule has 2 aromatic carbocycles. The van der Waals surface area contributed by atoms with Gasteiger partial charge in [-0.2, -0.15) is 5.10 Å². The molecule has 200 valence electrons. The van der Waals surface area contributed by atoms with Crippen molar-refractivity contribution in [3.63, 3.8) is 0 Å². The molecule has 2 aromatic heterocycles. The average molecular weight is 526 g/mol. The number of fused-ring (bicyclic) bond motifs is 1. The molecule has 2 saturated carbocycles. The maximum Gasteiger partial charge on any atom is 0.162 e. The number of nitrogens with zero attached hydrogens (tertiary/aromatic N) is 5. The molecule has 0 spiro atoms. The lowest BCUT2D eigenvalue weighted by atomic mass is 10.0. The number of likely N-dealkylation sites (N-methyl/N-ethyl adjacent to an activating group) is 1. The van der Waals surface area contributed by atoms with Crippen LogP contribution in [0, 0.1) is 18.7 Å². The molecule has 1 unspecified atom stereocenters. The fourth-order valence-corrected chi connectivity index (χ4v) is 5.50. The molecule has 2 heterocycles. The number of carbonyl (C=O) groups is 1. The number of aryl methyl sites for hydroxylation is 1. The molecule has 0 radical (unpaired) electrons. The second kappa shape index (κ2) is 10.7. The first-order valence-electron chi connectivity index (χ1n) is 13.6. The molecule has 2 fully saturated rings. The molecule has 2 aliphatic rings. The van der Waals surface area contributed by atoms with Crippen molar-refractivity contribution in [1.29, 1.82) is 0 Å². The Bertz CT molecular complexity index is 1530. The van der Waals surface area contributed by atoms with E-state index in [-0.39, 0.29) is 23.6 Å². The summed E-state index contributed by atoms with van der Waals surface area (Å²) in [4.78, 5) is 24.3. The van der Waals surface area contributed by atoms with Crippen molar-refractivity contribution in [2.24, 2.45) is 5.92 Å². The third-order valence-electron chi connectivity index (χ3n) is 7.84. The van der Waals surface area contributed by atoms with Gasteiger partial charge in [0, 0.05) is 30.1 Å². The smallest absolute Gasteiger partial charge is 0.162 e. The van der Waals surface area contributed by atoms with Crippen LogP contribution in [0.2, 0.25) is 0 Å². The monoisotopic (exact) mass is 525 g/mol. The van der Waals surface area contributed by atoms with Crippen LogP contribution in [0.4, 0.5) is 4.39 Å². The van der Waals surface area contributed by atoms with Crippen LogP contribution in [0.3, 0.4) is 0 Å². The molecule has 8 heteroatoms. The van der Waals surface area contributed by atoms with Crippen LogP contribution < -0.4 is 4.74 Å². The van der Waals surface area contributed by atoms with Gasteiger partial charge < -0.3 is 4.74 Å². The SMILES string of the molecule is Cc1ncnc2c1c(-c1ccc(Oc3cccc(F)c3)cc1)nn2[C@@H]1CCC(C(=O)/C=C/CN(C)C2CC2)C1. The van der Waals surface area contributed by atoms with Crippen LogP contribution in [0.15, 0.2) is 67.0 Å². The number of hydrogen-bond donors (Lipinski definition) is 0. The van der Waals surface area contributed by atoms with Gasteiger partial charge in [0.15, 0.2) is 11.4 Å². The van der Waals surface area contributed by atoms with E-state index in [0.29, 0.717) is 17.5 Å². The quantitative estimate of drug-likeness (QED) is 0.239. The van der Waals surface area contributed by atoms with Crippen LogP contribution in [-0.2, 0) is 4.79 Å². The predicted octanol–water partition coefficient (Wildman–Crippen LogP) is 6.29. The second-order valence-electron chi connectivity index (χ2n) is 10.7. The van der Waals surface area contributed by atoms with E-state index in [1.807, 2.05) is 41.9 Å². The molecular weight excluding hydrogens is 493 g/mol. The molecule has 4 aromatic rings. The van der Waals surface area contributed by atoms with Crippen molar-refractivity contribution < 1.29 is 13.9 Å². The van der Waals surface area contributed by atoms with Crippen LogP contribution >= 0.6 is 0 Å². The van der Waals surface area contributed by atoms with Gasteiger partial charge in [0.05, 0.1) is 17.1 Å². The van der Waals surface area contributed by atoms with Gasteiger partial charge in [-0.25, -0.2) is 19.0 Å². The summed E-state index contributed by atoms with van der Waals surface area (Å²) in [5.41, 5.74) is 3.36. The van der Waals surface area contributed by atoms with E-state index in [4.69, 9.17) is 9.84 Å². The third kappa shape index (κ3) is 5.47. The zero-order valence-corrected chi connectivity index (χ0v) is 22.3. The lowest BCUT2D eigenvalue weighted by molar-refractivity contribution is -0.118. The van der Waals surface area contributed by atoms with Crippen molar-refractivity contribution in [3.8, 4) is 22.8 Å². The van der Waals surface area contributed by atoms with E-state index >= 15 is 0 Å². The summed E-state index contributed by atoms with van der Waals surface area (Å²) in [6.07, 6.45) is 10.4. The largest absolute Gasteiger partial charge is 0.457 e. The first-order chi connectivity index (χ1) is 19.0. The number of allylic oxidation sites excluding steroid dienone is 1. The first kappa shape index (κ1) is 25.4. The summed E-state index contributed by atoms with van der Waals surface area (Å²) < 4.78 is 21.3. The van der Waals surface area contributed by atoms with Gasteiger partial charge in [0.1, 0.15) is 29.3 Å². The molecule has 7 nitrogen and oxygen atoms in total. The maximum atomic E-state index is 13.5. The Morgan fingerprint density at radius 1 is 1.10 bits per heavy atom.